The van der Waals surface area contributed by atoms with Crippen LogP contribution in [0.4, 0.5) is 4.39 Å². The van der Waals surface area contributed by atoms with Gasteiger partial charge in [-0.3, -0.25) is 14.2 Å². The predicted octanol–water partition coefficient (Wildman–Crippen LogP) is 1.90. The number of aliphatic hydroxyl groups is 2. The van der Waals surface area contributed by atoms with Crippen LogP contribution in [0.5, 0.6) is 5.75 Å². The minimum Gasteiger partial charge on any atom is -0.496 e. The Kier molecular flexibility index (Phi) is 10.5. The van der Waals surface area contributed by atoms with E-state index in [1.54, 1.807) is 20.9 Å². The number of aryl methyl sites for hydroxylation is 3. The van der Waals surface area contributed by atoms with Crippen molar-refractivity contribution < 1.29 is 24.1 Å². The molecule has 0 aliphatic heterocycles. The maximum absolute atomic E-state index is 14.0. The van der Waals surface area contributed by atoms with Gasteiger partial charge in [0.15, 0.2) is 0 Å². The highest BCUT2D eigenvalue weighted by Crippen LogP contribution is 2.31. The SMILES string of the molecule is COc1ccc(F)cc1CCn1c(=O)n(C(C)C(=O)N(C)C(C)C)c(=O)c2c(C)c(-n3nccn3)sc21.OCCO. The van der Waals surface area contributed by atoms with Crippen LogP contribution < -0.4 is 16.0 Å². The lowest BCUT2D eigenvalue weighted by Crippen LogP contribution is -2.47. The van der Waals surface area contributed by atoms with Gasteiger partial charge < -0.3 is 19.8 Å². The van der Waals surface area contributed by atoms with Crippen LogP contribution >= 0.6 is 11.3 Å². The molecule has 0 saturated carbocycles. The van der Waals surface area contributed by atoms with Crippen molar-refractivity contribution in [3.8, 4) is 10.8 Å². The molecule has 0 aliphatic carbocycles. The van der Waals surface area contributed by atoms with Crippen LogP contribution in [0.1, 0.15) is 37.9 Å². The number of hydrogen-bond donors (Lipinski definition) is 2. The minimum absolute atomic E-state index is 0.113. The van der Waals surface area contributed by atoms with Gasteiger partial charge in [-0.05, 0) is 57.9 Å². The number of amides is 1. The smallest absolute Gasteiger partial charge is 0.332 e. The molecule has 0 aliphatic rings. The molecule has 2 N–H and O–H groups in total. The number of rotatable bonds is 9. The minimum atomic E-state index is -1.03. The van der Waals surface area contributed by atoms with E-state index in [1.165, 1.54) is 63.3 Å². The number of aliphatic hydroxyl groups excluding tert-OH is 2. The van der Waals surface area contributed by atoms with Crippen molar-refractivity contribution in [3.05, 3.63) is 68.4 Å². The molecule has 222 valence electrons. The lowest BCUT2D eigenvalue weighted by Gasteiger charge is -2.26. The Bertz CT molecular complexity index is 1610. The van der Waals surface area contributed by atoms with Gasteiger partial charge in [-0.1, -0.05) is 11.3 Å². The van der Waals surface area contributed by atoms with Gasteiger partial charge in [-0.25, -0.2) is 13.8 Å². The highest BCUT2D eigenvalue weighted by Gasteiger charge is 2.28. The van der Waals surface area contributed by atoms with Gasteiger partial charge in [0.25, 0.3) is 5.56 Å². The van der Waals surface area contributed by atoms with Crippen LogP contribution in [0.3, 0.4) is 0 Å². The second-order valence-corrected chi connectivity index (χ2v) is 10.5. The van der Waals surface area contributed by atoms with E-state index in [2.05, 4.69) is 10.2 Å². The summed E-state index contributed by atoms with van der Waals surface area (Å²) < 4.78 is 21.8. The molecule has 3 aromatic heterocycles. The van der Waals surface area contributed by atoms with Crippen LogP contribution in [0.25, 0.3) is 15.2 Å². The molecule has 0 bridgehead atoms. The summed E-state index contributed by atoms with van der Waals surface area (Å²) in [5.74, 6) is -0.285. The number of benzene rings is 1. The number of thiophene rings is 1. The molecule has 12 nitrogen and oxygen atoms in total. The number of carbonyl (C=O) groups excluding carboxylic acids is 1. The Hall–Kier alpha value is -3.88. The van der Waals surface area contributed by atoms with E-state index in [4.69, 9.17) is 14.9 Å². The summed E-state index contributed by atoms with van der Waals surface area (Å²) in [6.07, 6.45) is 3.30. The number of fused-ring (bicyclic) bond motifs is 1. The van der Waals surface area contributed by atoms with Crippen molar-refractivity contribution in [1.82, 2.24) is 29.0 Å². The summed E-state index contributed by atoms with van der Waals surface area (Å²) in [5, 5.41) is 24.5. The molecule has 14 heteroatoms. The molecule has 0 fully saturated rings. The summed E-state index contributed by atoms with van der Waals surface area (Å²) in [7, 11) is 3.13. The first-order valence-electron chi connectivity index (χ1n) is 12.9. The Balaban J connectivity index is 0.00000108. The Labute approximate surface area is 239 Å². The van der Waals surface area contributed by atoms with Gasteiger partial charge in [0, 0.05) is 25.2 Å². The van der Waals surface area contributed by atoms with E-state index in [-0.39, 0.29) is 38.1 Å². The molecule has 1 aromatic carbocycles. The normalized spacial score (nSPS) is 11.9. The molecule has 3 heterocycles. The zero-order valence-corrected chi connectivity index (χ0v) is 24.7. The molecule has 41 heavy (non-hydrogen) atoms. The number of methoxy groups -OCH3 is 1. The Morgan fingerprint density at radius 2 is 1.78 bits per heavy atom. The van der Waals surface area contributed by atoms with Gasteiger partial charge >= 0.3 is 5.69 Å². The number of halogens is 1. The molecule has 0 saturated heterocycles. The van der Waals surface area contributed by atoms with Gasteiger partial charge in [0.05, 0.1) is 38.1 Å². The zero-order valence-electron chi connectivity index (χ0n) is 23.9. The van der Waals surface area contributed by atoms with E-state index in [0.717, 1.165) is 4.57 Å². The Morgan fingerprint density at radius 1 is 1.15 bits per heavy atom. The average Bonchev–Trinajstić information content (AvgIpc) is 3.60. The lowest BCUT2D eigenvalue weighted by molar-refractivity contribution is -0.134. The maximum Gasteiger partial charge on any atom is 0.332 e. The predicted molar refractivity (Wildman–Crippen MR) is 153 cm³/mol. The monoisotopic (exact) mass is 590 g/mol. The number of hydrogen-bond acceptors (Lipinski definition) is 9. The second-order valence-electron chi connectivity index (χ2n) is 9.51. The van der Waals surface area contributed by atoms with Gasteiger partial charge in [0.1, 0.15) is 27.4 Å². The lowest BCUT2D eigenvalue weighted by atomic mass is 10.1. The standard InChI is InChI=1S/C25H29FN6O4S.C2H6O2/c1-14(2)29(5)21(33)16(4)31-22(34)20-15(3)23(32-27-10-11-28-32)37-24(20)30(25(31)35)12-9-17-13-18(26)7-8-19(17)36-6;3-1-2-4/h7-8,10-11,13-14,16H,9,12H2,1-6H3;3-4H,1-2H2. The first-order chi connectivity index (χ1) is 19.5. The highest BCUT2D eigenvalue weighted by atomic mass is 32.1. The van der Waals surface area contributed by atoms with Crippen molar-refractivity contribution in [2.75, 3.05) is 27.4 Å². The molecule has 0 radical (unpaired) electrons. The molecule has 1 atom stereocenters. The third-order valence-corrected chi connectivity index (χ3v) is 7.91. The summed E-state index contributed by atoms with van der Waals surface area (Å²) in [6.45, 7) is 6.90. The van der Waals surface area contributed by atoms with Crippen LogP contribution in [0.2, 0.25) is 0 Å². The van der Waals surface area contributed by atoms with Crippen molar-refractivity contribution in [3.63, 3.8) is 0 Å². The summed E-state index contributed by atoms with van der Waals surface area (Å²) in [6, 6.07) is 3.05. The van der Waals surface area contributed by atoms with Gasteiger partial charge in [0.2, 0.25) is 5.91 Å². The van der Waals surface area contributed by atoms with Crippen LogP contribution in [-0.2, 0) is 17.8 Å². The number of ether oxygens (including phenoxy) is 1. The van der Waals surface area contributed by atoms with Crippen molar-refractivity contribution in [2.24, 2.45) is 0 Å². The first kappa shape index (κ1) is 31.6. The number of likely N-dealkylation sites (N-methyl/N-ethyl adjacent to an activating group) is 1. The third-order valence-electron chi connectivity index (χ3n) is 6.63. The average molecular weight is 591 g/mol. The fourth-order valence-corrected chi connectivity index (χ4v) is 5.47. The third kappa shape index (κ3) is 6.55. The molecular weight excluding hydrogens is 555 g/mol. The fourth-order valence-electron chi connectivity index (χ4n) is 4.24. The van der Waals surface area contributed by atoms with Crippen molar-refractivity contribution in [1.29, 1.82) is 0 Å². The van der Waals surface area contributed by atoms with E-state index in [1.807, 2.05) is 13.8 Å². The Morgan fingerprint density at radius 3 is 2.34 bits per heavy atom. The molecule has 0 spiro atoms. The zero-order chi connectivity index (χ0) is 30.4. The maximum atomic E-state index is 14.0. The summed E-state index contributed by atoms with van der Waals surface area (Å²) >= 11 is 1.21. The van der Waals surface area contributed by atoms with Crippen LogP contribution in [0.15, 0.2) is 40.2 Å². The van der Waals surface area contributed by atoms with Crippen LogP contribution in [0, 0.1) is 12.7 Å². The molecule has 4 rings (SSSR count). The molecule has 1 amide bonds. The largest absolute Gasteiger partial charge is 0.496 e. The number of carbonyl (C=O) groups is 1. The first-order valence-corrected chi connectivity index (χ1v) is 13.8. The van der Waals surface area contributed by atoms with E-state index >= 15 is 0 Å². The van der Waals surface area contributed by atoms with Gasteiger partial charge in [-0.15, -0.1) is 4.80 Å². The number of nitrogens with zero attached hydrogens (tertiary/aromatic N) is 6. The van der Waals surface area contributed by atoms with E-state index < -0.39 is 23.1 Å². The fraction of sp³-hybridized carbons (Fsp3) is 0.444. The van der Waals surface area contributed by atoms with E-state index in [9.17, 15) is 18.8 Å². The topological polar surface area (TPSA) is 145 Å². The molecule has 1 unspecified atom stereocenters. The van der Waals surface area contributed by atoms with Crippen LogP contribution in [-0.4, -0.2) is 78.6 Å². The highest BCUT2D eigenvalue weighted by molar-refractivity contribution is 7.21. The number of aromatic nitrogens is 5. The van der Waals surface area contributed by atoms with E-state index in [0.29, 0.717) is 32.1 Å². The molecule has 4 aromatic rings. The van der Waals surface area contributed by atoms with Gasteiger partial charge in [-0.2, -0.15) is 10.2 Å². The summed E-state index contributed by atoms with van der Waals surface area (Å²) in [5.41, 5.74) is 0.00644. The second kappa shape index (κ2) is 13.7. The quantitative estimate of drug-likeness (QED) is 0.301. The van der Waals surface area contributed by atoms with Crippen molar-refractivity contribution >= 4 is 27.5 Å². The van der Waals surface area contributed by atoms with Crippen molar-refractivity contribution in [2.45, 2.75) is 52.7 Å². The summed E-state index contributed by atoms with van der Waals surface area (Å²) in [4.78, 5) is 44.0. The molecular formula is C27H35FN6O6S.